The molecular formula is C55H39NO. The number of nitrogens with zero attached hydrogens (tertiary/aromatic N) is 1. The zero-order valence-electron chi connectivity index (χ0n) is 31.9. The smallest absolute Gasteiger partial charge is 0.159 e. The lowest BCUT2D eigenvalue weighted by molar-refractivity contribution is 0.660. The van der Waals surface area contributed by atoms with Crippen molar-refractivity contribution in [3.05, 3.63) is 211 Å². The quantitative estimate of drug-likeness (QED) is 0.169. The van der Waals surface area contributed by atoms with E-state index in [1.165, 1.54) is 66.4 Å². The standard InChI is InChI=1S/C55H39NO/c1-55(2)47-27-9-6-22-46(47)53-44(25-14-28-48(53)55)42-20-7-10-29-49(42)56(50-30-15-26-45-43-21-8-11-31-51(43)57-54(45)50)39-34-32-37(33-35-39)41-24-13-19-38-18-12-23-40(52(38)41)36-16-4-3-5-17-36/h3-35H,1-2H3. The van der Waals surface area contributed by atoms with Crippen molar-refractivity contribution >= 4 is 49.8 Å². The summed E-state index contributed by atoms with van der Waals surface area (Å²) < 4.78 is 6.76. The molecule has 0 aliphatic heterocycles. The number of fused-ring (bicyclic) bond motifs is 7. The molecule has 0 bridgehead atoms. The third-order valence-corrected chi connectivity index (χ3v) is 12.1. The molecule has 0 unspecified atom stereocenters. The molecule has 2 nitrogen and oxygen atoms in total. The Bertz CT molecular complexity index is 3150. The van der Waals surface area contributed by atoms with Crippen molar-refractivity contribution in [2.45, 2.75) is 19.3 Å². The maximum Gasteiger partial charge on any atom is 0.159 e. The van der Waals surface area contributed by atoms with E-state index in [-0.39, 0.29) is 5.41 Å². The fourth-order valence-electron chi connectivity index (χ4n) is 9.42. The zero-order chi connectivity index (χ0) is 38.1. The molecule has 0 N–H and O–H groups in total. The fraction of sp³-hybridized carbons (Fsp3) is 0.0545. The van der Waals surface area contributed by atoms with Crippen molar-refractivity contribution in [1.82, 2.24) is 0 Å². The summed E-state index contributed by atoms with van der Waals surface area (Å²) in [5.41, 5.74) is 17.4. The van der Waals surface area contributed by atoms with Crippen LogP contribution in [0.4, 0.5) is 17.1 Å². The minimum atomic E-state index is -0.103. The molecule has 1 aliphatic carbocycles. The lowest BCUT2D eigenvalue weighted by Crippen LogP contribution is -2.15. The van der Waals surface area contributed by atoms with Crippen LogP contribution in [-0.4, -0.2) is 0 Å². The summed E-state index contributed by atoms with van der Waals surface area (Å²) in [6.45, 7) is 4.70. The molecule has 1 heterocycles. The average molecular weight is 730 g/mol. The monoisotopic (exact) mass is 729 g/mol. The van der Waals surface area contributed by atoms with E-state index in [0.29, 0.717) is 0 Å². The third-order valence-electron chi connectivity index (χ3n) is 12.1. The van der Waals surface area contributed by atoms with E-state index in [0.717, 1.165) is 39.0 Å². The van der Waals surface area contributed by atoms with Crippen LogP contribution in [0, 0.1) is 0 Å². The summed E-state index contributed by atoms with van der Waals surface area (Å²) in [5, 5.41) is 4.70. The first-order valence-corrected chi connectivity index (χ1v) is 19.8. The summed E-state index contributed by atoms with van der Waals surface area (Å²) in [5.74, 6) is 0. The van der Waals surface area contributed by atoms with Crippen LogP contribution in [0.25, 0.3) is 77.2 Å². The van der Waals surface area contributed by atoms with Crippen LogP contribution in [0.5, 0.6) is 0 Å². The van der Waals surface area contributed by atoms with Gasteiger partial charge < -0.3 is 9.32 Å². The zero-order valence-corrected chi connectivity index (χ0v) is 31.9. The Balaban J connectivity index is 1.13. The molecule has 0 amide bonds. The highest BCUT2D eigenvalue weighted by Gasteiger charge is 2.37. The molecule has 1 aliphatic rings. The van der Waals surface area contributed by atoms with Gasteiger partial charge in [0.2, 0.25) is 0 Å². The largest absolute Gasteiger partial charge is 0.454 e. The van der Waals surface area contributed by atoms with Crippen LogP contribution < -0.4 is 4.90 Å². The molecule has 1 aromatic heterocycles. The summed E-state index contributed by atoms with van der Waals surface area (Å²) in [7, 11) is 0. The molecule has 0 fully saturated rings. The van der Waals surface area contributed by atoms with E-state index in [4.69, 9.17) is 4.42 Å². The highest BCUT2D eigenvalue weighted by Crippen LogP contribution is 2.54. The van der Waals surface area contributed by atoms with Crippen molar-refractivity contribution in [2.24, 2.45) is 0 Å². The third kappa shape index (κ3) is 5.18. The van der Waals surface area contributed by atoms with Crippen LogP contribution in [0.1, 0.15) is 25.0 Å². The first-order valence-electron chi connectivity index (χ1n) is 19.8. The van der Waals surface area contributed by atoms with Gasteiger partial charge in [-0.05, 0) is 91.2 Å². The second-order valence-electron chi connectivity index (χ2n) is 15.6. The molecule has 10 aromatic rings. The molecule has 0 spiro atoms. The van der Waals surface area contributed by atoms with Crippen LogP contribution >= 0.6 is 0 Å². The van der Waals surface area contributed by atoms with Crippen LogP contribution in [0.2, 0.25) is 0 Å². The van der Waals surface area contributed by atoms with E-state index in [1.54, 1.807) is 0 Å². The van der Waals surface area contributed by atoms with Gasteiger partial charge in [0.05, 0.1) is 11.4 Å². The summed E-state index contributed by atoms with van der Waals surface area (Å²) >= 11 is 0. The van der Waals surface area contributed by atoms with Gasteiger partial charge in [-0.3, -0.25) is 0 Å². The highest BCUT2D eigenvalue weighted by atomic mass is 16.3. The number of hydrogen-bond donors (Lipinski definition) is 0. The highest BCUT2D eigenvalue weighted by molar-refractivity contribution is 6.11. The Hall–Kier alpha value is -7.16. The summed E-state index contributed by atoms with van der Waals surface area (Å²) in [4.78, 5) is 2.40. The number of para-hydroxylation sites is 3. The van der Waals surface area contributed by atoms with Gasteiger partial charge in [0, 0.05) is 27.4 Å². The van der Waals surface area contributed by atoms with E-state index in [2.05, 4.69) is 213 Å². The van der Waals surface area contributed by atoms with Gasteiger partial charge in [-0.1, -0.05) is 184 Å². The van der Waals surface area contributed by atoms with Gasteiger partial charge in [-0.25, -0.2) is 0 Å². The molecule has 0 saturated carbocycles. The van der Waals surface area contributed by atoms with Gasteiger partial charge in [0.15, 0.2) is 5.58 Å². The summed E-state index contributed by atoms with van der Waals surface area (Å²) in [6.07, 6.45) is 0. The first kappa shape index (κ1) is 33.2. The van der Waals surface area contributed by atoms with Crippen molar-refractivity contribution in [3.8, 4) is 44.5 Å². The molecule has 57 heavy (non-hydrogen) atoms. The minimum absolute atomic E-state index is 0.103. The molecule has 9 aromatic carbocycles. The van der Waals surface area contributed by atoms with E-state index in [9.17, 15) is 0 Å². The van der Waals surface area contributed by atoms with E-state index >= 15 is 0 Å². The minimum Gasteiger partial charge on any atom is -0.454 e. The molecule has 0 atom stereocenters. The average Bonchev–Trinajstić information content (AvgIpc) is 3.77. The predicted octanol–water partition coefficient (Wildman–Crippen LogP) is 15.5. The SMILES string of the molecule is CC1(C)c2ccccc2-c2c(-c3ccccc3N(c3ccc(-c4cccc5cccc(-c6ccccc6)c45)cc3)c3cccc4c3oc3ccccc34)cccc21. The maximum absolute atomic E-state index is 6.76. The molecule has 2 heteroatoms. The number of furan rings is 1. The first-order chi connectivity index (χ1) is 28.1. The molecular weight excluding hydrogens is 691 g/mol. The lowest BCUT2D eigenvalue weighted by atomic mass is 9.82. The fourth-order valence-corrected chi connectivity index (χ4v) is 9.42. The normalized spacial score (nSPS) is 12.9. The van der Waals surface area contributed by atoms with Gasteiger partial charge in [-0.2, -0.15) is 0 Å². The topological polar surface area (TPSA) is 16.4 Å². The number of anilines is 3. The van der Waals surface area contributed by atoms with E-state index < -0.39 is 0 Å². The van der Waals surface area contributed by atoms with Gasteiger partial charge in [0.25, 0.3) is 0 Å². The number of rotatable bonds is 6. The van der Waals surface area contributed by atoms with Crippen LogP contribution in [0.15, 0.2) is 205 Å². The predicted molar refractivity (Wildman–Crippen MR) is 240 cm³/mol. The Morgan fingerprint density at radius 2 is 0.965 bits per heavy atom. The second kappa shape index (κ2) is 13.0. The van der Waals surface area contributed by atoms with Gasteiger partial charge in [0.1, 0.15) is 5.58 Å². The lowest BCUT2D eigenvalue weighted by Gasteiger charge is -2.29. The van der Waals surface area contributed by atoms with Gasteiger partial charge >= 0.3 is 0 Å². The Labute approximate surface area is 332 Å². The maximum atomic E-state index is 6.76. The van der Waals surface area contributed by atoms with Crippen LogP contribution in [-0.2, 0) is 5.41 Å². The van der Waals surface area contributed by atoms with Crippen molar-refractivity contribution < 1.29 is 4.42 Å². The van der Waals surface area contributed by atoms with Crippen molar-refractivity contribution in [3.63, 3.8) is 0 Å². The Morgan fingerprint density at radius 3 is 1.77 bits per heavy atom. The molecule has 0 radical (unpaired) electrons. The summed E-state index contributed by atoms with van der Waals surface area (Å²) in [6, 6.07) is 72.5. The Kier molecular flexibility index (Phi) is 7.55. The van der Waals surface area contributed by atoms with Gasteiger partial charge in [-0.15, -0.1) is 0 Å². The Morgan fingerprint density at radius 1 is 0.404 bits per heavy atom. The molecule has 0 saturated heterocycles. The van der Waals surface area contributed by atoms with Crippen molar-refractivity contribution in [1.29, 1.82) is 0 Å². The van der Waals surface area contributed by atoms with Crippen LogP contribution in [0.3, 0.4) is 0 Å². The number of benzene rings is 9. The second-order valence-corrected chi connectivity index (χ2v) is 15.6. The molecule has 11 rings (SSSR count). The van der Waals surface area contributed by atoms with E-state index in [1.807, 2.05) is 6.07 Å². The number of hydrogen-bond acceptors (Lipinski definition) is 2. The molecule has 270 valence electrons. The van der Waals surface area contributed by atoms with Crippen molar-refractivity contribution in [2.75, 3.05) is 4.90 Å².